The highest BCUT2D eigenvalue weighted by molar-refractivity contribution is 5.53. The fourth-order valence-corrected chi connectivity index (χ4v) is 1.91. The van der Waals surface area contributed by atoms with Gasteiger partial charge in [0.25, 0.3) is 0 Å². The second-order valence-corrected chi connectivity index (χ2v) is 5.39. The maximum atomic E-state index is 12.8. The fraction of sp³-hybridized carbons (Fsp3) is 0.533. The van der Waals surface area contributed by atoms with Crippen molar-refractivity contribution >= 4 is 5.69 Å². The van der Waals surface area contributed by atoms with Crippen molar-refractivity contribution in [3.05, 3.63) is 29.3 Å². The predicted molar refractivity (Wildman–Crippen MR) is 73.3 cm³/mol. The van der Waals surface area contributed by atoms with E-state index in [1.165, 1.54) is 12.1 Å². The Hall–Kier alpha value is -1.70. The lowest BCUT2D eigenvalue weighted by atomic mass is 10.0. The maximum absolute atomic E-state index is 12.8. The molecule has 1 aromatic carbocycles. The van der Waals surface area contributed by atoms with Crippen LogP contribution in [0, 0.1) is 17.2 Å². The zero-order chi connectivity index (χ0) is 15.3. The van der Waals surface area contributed by atoms with Crippen molar-refractivity contribution < 1.29 is 13.2 Å². The predicted octanol–water partition coefficient (Wildman–Crippen LogP) is 4.81. The molecule has 1 atom stereocenters. The first-order chi connectivity index (χ1) is 9.24. The number of halogens is 3. The summed E-state index contributed by atoms with van der Waals surface area (Å²) in [6.07, 6.45) is -2.61. The Morgan fingerprint density at radius 3 is 2.35 bits per heavy atom. The first kappa shape index (κ1) is 16.4. The first-order valence-corrected chi connectivity index (χ1v) is 6.62. The van der Waals surface area contributed by atoms with Gasteiger partial charge in [0.05, 0.1) is 17.2 Å². The molecule has 0 aliphatic rings. The monoisotopic (exact) mass is 284 g/mol. The molecule has 0 bridgehead atoms. The molecule has 1 aromatic rings. The van der Waals surface area contributed by atoms with Gasteiger partial charge < -0.3 is 5.32 Å². The summed E-state index contributed by atoms with van der Waals surface area (Å²) in [6, 6.07) is 5.39. The summed E-state index contributed by atoms with van der Waals surface area (Å²) in [5, 5.41) is 11.8. The van der Waals surface area contributed by atoms with E-state index < -0.39 is 11.7 Å². The van der Waals surface area contributed by atoms with E-state index in [1.807, 2.05) is 6.92 Å². The number of hydrogen-bond donors (Lipinski definition) is 1. The SMILES string of the molecule is CC(C)CCC(C)Nc1ccc(C#N)c(C(F)(F)F)c1. The van der Waals surface area contributed by atoms with Crippen LogP contribution in [0.1, 0.15) is 44.7 Å². The molecule has 2 nitrogen and oxygen atoms in total. The number of rotatable bonds is 5. The zero-order valence-corrected chi connectivity index (χ0v) is 11.9. The summed E-state index contributed by atoms with van der Waals surface area (Å²) >= 11 is 0. The molecule has 1 rings (SSSR count). The minimum absolute atomic E-state index is 0.0893. The number of anilines is 1. The van der Waals surface area contributed by atoms with Crippen molar-refractivity contribution in [2.75, 3.05) is 5.32 Å². The van der Waals surface area contributed by atoms with Gasteiger partial charge in [0.2, 0.25) is 0 Å². The third-order valence-corrected chi connectivity index (χ3v) is 3.04. The summed E-state index contributed by atoms with van der Waals surface area (Å²) in [5.41, 5.74) is -0.841. The van der Waals surface area contributed by atoms with Crippen LogP contribution in [-0.2, 0) is 6.18 Å². The average Bonchev–Trinajstić information content (AvgIpc) is 2.35. The molecule has 0 aliphatic heterocycles. The molecule has 1 N–H and O–H groups in total. The smallest absolute Gasteiger partial charge is 0.383 e. The number of hydrogen-bond acceptors (Lipinski definition) is 2. The van der Waals surface area contributed by atoms with Crippen molar-refractivity contribution in [2.45, 2.75) is 45.8 Å². The summed E-state index contributed by atoms with van der Waals surface area (Å²) in [7, 11) is 0. The Balaban J connectivity index is 2.85. The van der Waals surface area contributed by atoms with Crippen LogP contribution in [0.15, 0.2) is 18.2 Å². The van der Waals surface area contributed by atoms with E-state index in [0.717, 1.165) is 18.9 Å². The Labute approximate surface area is 117 Å². The first-order valence-electron chi connectivity index (χ1n) is 6.62. The fourth-order valence-electron chi connectivity index (χ4n) is 1.91. The van der Waals surface area contributed by atoms with Crippen LogP contribution < -0.4 is 5.32 Å². The van der Waals surface area contributed by atoms with E-state index in [-0.39, 0.29) is 11.6 Å². The summed E-state index contributed by atoms with van der Waals surface area (Å²) in [6.45, 7) is 6.15. The number of nitriles is 1. The standard InChI is InChI=1S/C15H19F3N2/c1-10(2)4-5-11(3)20-13-7-6-12(9-19)14(8-13)15(16,17)18/h6-8,10-11,20H,4-5H2,1-3H3. The van der Waals surface area contributed by atoms with Gasteiger partial charge in [0, 0.05) is 11.7 Å². The number of alkyl halides is 3. The van der Waals surface area contributed by atoms with E-state index >= 15 is 0 Å². The van der Waals surface area contributed by atoms with Crippen LogP contribution in [0.3, 0.4) is 0 Å². The largest absolute Gasteiger partial charge is 0.417 e. The quantitative estimate of drug-likeness (QED) is 0.842. The minimum Gasteiger partial charge on any atom is -0.383 e. The lowest BCUT2D eigenvalue weighted by molar-refractivity contribution is -0.137. The second kappa shape index (κ2) is 6.65. The molecule has 110 valence electrons. The van der Waals surface area contributed by atoms with Crippen molar-refractivity contribution in [1.82, 2.24) is 0 Å². The molecule has 0 radical (unpaired) electrons. The normalized spacial score (nSPS) is 13.1. The highest BCUT2D eigenvalue weighted by Crippen LogP contribution is 2.33. The van der Waals surface area contributed by atoms with Gasteiger partial charge in [-0.15, -0.1) is 0 Å². The lowest BCUT2D eigenvalue weighted by Gasteiger charge is -2.18. The van der Waals surface area contributed by atoms with Crippen molar-refractivity contribution in [3.63, 3.8) is 0 Å². The number of benzene rings is 1. The van der Waals surface area contributed by atoms with Gasteiger partial charge in [-0.25, -0.2) is 0 Å². The van der Waals surface area contributed by atoms with Gasteiger partial charge in [-0.1, -0.05) is 13.8 Å². The minimum atomic E-state index is -4.51. The molecule has 5 heteroatoms. The van der Waals surface area contributed by atoms with Crippen molar-refractivity contribution in [3.8, 4) is 6.07 Å². The van der Waals surface area contributed by atoms with Gasteiger partial charge >= 0.3 is 6.18 Å². The Kier molecular flexibility index (Phi) is 5.43. The molecule has 0 fully saturated rings. The zero-order valence-electron chi connectivity index (χ0n) is 11.9. The van der Waals surface area contributed by atoms with Gasteiger partial charge in [-0.2, -0.15) is 18.4 Å². The Bertz CT molecular complexity index is 487. The third-order valence-electron chi connectivity index (χ3n) is 3.04. The molecule has 0 heterocycles. The molecule has 20 heavy (non-hydrogen) atoms. The molecule has 0 amide bonds. The third kappa shape index (κ3) is 4.76. The van der Waals surface area contributed by atoms with Crippen molar-refractivity contribution in [2.24, 2.45) is 5.92 Å². The van der Waals surface area contributed by atoms with Crippen LogP contribution in [0.2, 0.25) is 0 Å². The molecule has 0 aromatic heterocycles. The van der Waals surface area contributed by atoms with E-state index in [2.05, 4.69) is 19.2 Å². The highest BCUT2D eigenvalue weighted by Gasteiger charge is 2.33. The molecule has 0 spiro atoms. The topological polar surface area (TPSA) is 35.8 Å². The number of nitrogens with one attached hydrogen (secondary N) is 1. The summed E-state index contributed by atoms with van der Waals surface area (Å²) in [5.74, 6) is 0.561. The van der Waals surface area contributed by atoms with Gasteiger partial charge in [0.15, 0.2) is 0 Å². The van der Waals surface area contributed by atoms with Gasteiger partial charge in [-0.3, -0.25) is 0 Å². The van der Waals surface area contributed by atoms with E-state index in [4.69, 9.17) is 5.26 Å². The molecular formula is C15H19F3N2. The van der Waals surface area contributed by atoms with E-state index in [9.17, 15) is 13.2 Å². The molecule has 1 unspecified atom stereocenters. The van der Waals surface area contributed by atoms with Crippen LogP contribution >= 0.6 is 0 Å². The van der Waals surface area contributed by atoms with Gasteiger partial charge in [-0.05, 0) is 43.9 Å². The van der Waals surface area contributed by atoms with Crippen LogP contribution in [0.4, 0.5) is 18.9 Å². The van der Waals surface area contributed by atoms with Crippen LogP contribution in [0.5, 0.6) is 0 Å². The molecular weight excluding hydrogens is 265 g/mol. The van der Waals surface area contributed by atoms with Crippen LogP contribution in [-0.4, -0.2) is 6.04 Å². The van der Waals surface area contributed by atoms with E-state index in [0.29, 0.717) is 11.6 Å². The average molecular weight is 284 g/mol. The lowest BCUT2D eigenvalue weighted by Crippen LogP contribution is -2.17. The Morgan fingerprint density at radius 1 is 1.20 bits per heavy atom. The number of nitrogens with zero attached hydrogens (tertiary/aromatic N) is 1. The highest BCUT2D eigenvalue weighted by atomic mass is 19.4. The molecule has 0 saturated carbocycles. The van der Waals surface area contributed by atoms with Gasteiger partial charge in [0.1, 0.15) is 0 Å². The summed E-state index contributed by atoms with van der Waals surface area (Å²) in [4.78, 5) is 0. The summed E-state index contributed by atoms with van der Waals surface area (Å²) < 4.78 is 38.5. The van der Waals surface area contributed by atoms with E-state index in [1.54, 1.807) is 6.07 Å². The maximum Gasteiger partial charge on any atom is 0.417 e. The molecule has 0 aliphatic carbocycles. The van der Waals surface area contributed by atoms with Crippen LogP contribution in [0.25, 0.3) is 0 Å². The Morgan fingerprint density at radius 2 is 1.85 bits per heavy atom. The van der Waals surface area contributed by atoms with Crippen molar-refractivity contribution in [1.29, 1.82) is 5.26 Å². The molecule has 0 saturated heterocycles. The second-order valence-electron chi connectivity index (χ2n) is 5.39.